The van der Waals surface area contributed by atoms with Crippen LogP contribution in [0.1, 0.15) is 42.8 Å². The second kappa shape index (κ2) is 11.2. The first-order valence-corrected chi connectivity index (χ1v) is 17.0. The number of allylic oxidation sites excluding steroid dienone is 2. The number of benzene rings is 4. The molecule has 7 rings (SSSR count). The second-order valence-corrected chi connectivity index (χ2v) is 15.7. The van der Waals surface area contributed by atoms with Crippen LogP contribution in [0.25, 0.3) is 34.4 Å². The Hall–Kier alpha value is -1.75. The van der Waals surface area contributed by atoms with Gasteiger partial charge in [0.05, 0.1) is 0 Å². The van der Waals surface area contributed by atoms with Crippen LogP contribution in [0, 0.1) is 0 Å². The van der Waals surface area contributed by atoms with E-state index in [1.54, 1.807) is 21.7 Å². The van der Waals surface area contributed by atoms with Crippen LogP contribution in [0.4, 0.5) is 0 Å². The van der Waals surface area contributed by atoms with Crippen LogP contribution in [-0.4, -0.2) is 6.16 Å². The molecule has 0 saturated carbocycles. The summed E-state index contributed by atoms with van der Waals surface area (Å²) >= 11 is -0.844. The van der Waals surface area contributed by atoms with Crippen LogP contribution in [0.5, 0.6) is 0 Å². The maximum absolute atomic E-state index is 2.64. The van der Waals surface area contributed by atoms with Gasteiger partial charge in [-0.1, -0.05) is 0 Å². The smallest absolute Gasteiger partial charge is 1.00 e. The summed E-state index contributed by atoms with van der Waals surface area (Å²) < 4.78 is 1.31. The number of fused-ring (bicyclic) bond motifs is 3. The van der Waals surface area contributed by atoms with Gasteiger partial charge in [-0.05, 0) is 0 Å². The van der Waals surface area contributed by atoms with E-state index in [2.05, 4.69) is 116 Å². The van der Waals surface area contributed by atoms with Crippen LogP contribution in [0.2, 0.25) is 0 Å². The van der Waals surface area contributed by atoms with E-state index in [-0.39, 0.29) is 32.7 Å². The van der Waals surface area contributed by atoms with E-state index in [1.165, 1.54) is 46.0 Å². The van der Waals surface area contributed by atoms with Crippen LogP contribution in [0.15, 0.2) is 102 Å². The number of hydrogen-bond acceptors (Lipinski definition) is 0. The molecule has 0 saturated heterocycles. The Morgan fingerprint density at radius 1 is 0.703 bits per heavy atom. The summed E-state index contributed by atoms with van der Waals surface area (Å²) in [5.74, 6) is 0. The van der Waals surface area contributed by atoms with Crippen molar-refractivity contribution in [3.05, 3.63) is 125 Å². The van der Waals surface area contributed by atoms with Crippen molar-refractivity contribution in [2.75, 3.05) is 6.16 Å². The molecule has 0 nitrogen and oxygen atoms in total. The minimum atomic E-state index is -0.844. The van der Waals surface area contributed by atoms with Crippen LogP contribution < -0.4 is 30.1 Å². The van der Waals surface area contributed by atoms with Gasteiger partial charge in [0.1, 0.15) is 0 Å². The van der Waals surface area contributed by atoms with Crippen molar-refractivity contribution in [3.8, 4) is 22.3 Å². The average molecular weight is 617 g/mol. The van der Waals surface area contributed by atoms with E-state index in [4.69, 9.17) is 0 Å². The molecular formula is C33H27Cl2PZr. The number of halogens is 2. The van der Waals surface area contributed by atoms with E-state index in [9.17, 15) is 0 Å². The molecule has 4 heteroatoms. The van der Waals surface area contributed by atoms with Crippen molar-refractivity contribution in [3.63, 3.8) is 0 Å². The summed E-state index contributed by atoms with van der Waals surface area (Å²) in [5.41, 5.74) is 11.8. The molecule has 0 aromatic heterocycles. The van der Waals surface area contributed by atoms with Crippen molar-refractivity contribution in [1.29, 1.82) is 0 Å². The molecule has 182 valence electrons. The molecule has 3 unspecified atom stereocenters. The minimum Gasteiger partial charge on any atom is -1.00 e. The zero-order valence-corrected chi connectivity index (χ0v) is 25.5. The summed E-state index contributed by atoms with van der Waals surface area (Å²) in [7, 11) is -0.267. The summed E-state index contributed by atoms with van der Waals surface area (Å²) in [6, 6.07) is 34.3. The van der Waals surface area contributed by atoms with Gasteiger partial charge in [-0.25, -0.2) is 0 Å². The maximum atomic E-state index is 2.64. The molecule has 1 aliphatic heterocycles. The molecule has 3 atom stereocenters. The zero-order chi connectivity index (χ0) is 23.4. The Labute approximate surface area is 245 Å². The SMILES string of the molecule is CCCP1C2=Cc3c(cccc3[CH]2[Zr+2][CH]2C=Cc3c(-c4ccccc4)cccc32)-c2ccccc21.[Cl-].[Cl-]. The monoisotopic (exact) mass is 614 g/mol. The molecule has 2 aliphatic carbocycles. The van der Waals surface area contributed by atoms with Crippen LogP contribution in [-0.2, 0) is 23.2 Å². The Bertz CT molecular complexity index is 1510. The fraction of sp³-hybridized carbons (Fsp3) is 0.152. The minimum absolute atomic E-state index is 0. The normalized spacial score (nSPS) is 19.5. The van der Waals surface area contributed by atoms with Gasteiger partial charge >= 0.3 is 222 Å². The first-order chi connectivity index (χ1) is 17.3. The topological polar surface area (TPSA) is 0 Å². The van der Waals surface area contributed by atoms with E-state index in [0.29, 0.717) is 7.25 Å². The van der Waals surface area contributed by atoms with Gasteiger partial charge in [0.25, 0.3) is 0 Å². The van der Waals surface area contributed by atoms with E-state index in [1.807, 2.05) is 0 Å². The zero-order valence-electron chi connectivity index (χ0n) is 20.7. The first-order valence-electron chi connectivity index (χ1n) is 12.7. The van der Waals surface area contributed by atoms with Crippen molar-refractivity contribution in [1.82, 2.24) is 0 Å². The fourth-order valence-corrected chi connectivity index (χ4v) is 14.5. The predicted molar refractivity (Wildman–Crippen MR) is 148 cm³/mol. The molecule has 0 fully saturated rings. The first kappa shape index (κ1) is 26.8. The van der Waals surface area contributed by atoms with Crippen LogP contribution >= 0.6 is 7.92 Å². The summed E-state index contributed by atoms with van der Waals surface area (Å²) in [6.07, 6.45) is 10.2. The van der Waals surface area contributed by atoms with Gasteiger partial charge in [-0.15, -0.1) is 0 Å². The van der Waals surface area contributed by atoms with Crippen molar-refractivity contribution in [2.24, 2.45) is 0 Å². The third-order valence-corrected chi connectivity index (χ3v) is 15.6. The third-order valence-electron chi connectivity index (χ3n) is 7.64. The Morgan fingerprint density at radius 3 is 2.22 bits per heavy atom. The largest absolute Gasteiger partial charge is 1.00 e. The Kier molecular flexibility index (Phi) is 8.10. The molecule has 2 bridgehead atoms. The van der Waals surface area contributed by atoms with Crippen molar-refractivity contribution >= 4 is 25.4 Å². The molecule has 0 N–H and O–H groups in total. The van der Waals surface area contributed by atoms with E-state index >= 15 is 0 Å². The van der Waals surface area contributed by atoms with Crippen LogP contribution in [0.3, 0.4) is 0 Å². The summed E-state index contributed by atoms with van der Waals surface area (Å²) in [4.78, 5) is 0. The number of rotatable bonds is 5. The average Bonchev–Trinajstić information content (AvgIpc) is 3.46. The quantitative estimate of drug-likeness (QED) is 0.303. The van der Waals surface area contributed by atoms with Crippen molar-refractivity contribution < 1.29 is 48.0 Å². The third kappa shape index (κ3) is 4.47. The summed E-state index contributed by atoms with van der Waals surface area (Å²) in [5, 5.41) is 3.39. The fourth-order valence-electron chi connectivity index (χ4n) is 6.11. The Morgan fingerprint density at radius 2 is 1.41 bits per heavy atom. The standard InChI is InChI=1S/C18H16P.C15H11.2ClH.Zr/c1-2-10-19-14-11-13-6-5-8-15(17(13)12-14)16-7-3-4-9-18(16)19;1-2-6-12(7-3-1)14-10-4-8-13-9-5-11-15(13)14;;;/h3-9,11-12H,2,10H2,1H3;1-11H;2*1H;/q;;;;+2/p-2. The molecule has 0 spiro atoms. The molecule has 37 heavy (non-hydrogen) atoms. The maximum Gasteiger partial charge on any atom is -1.00 e. The van der Waals surface area contributed by atoms with Gasteiger partial charge in [0.15, 0.2) is 0 Å². The molecule has 0 amide bonds. The van der Waals surface area contributed by atoms with Gasteiger partial charge in [-0.2, -0.15) is 0 Å². The predicted octanol–water partition coefficient (Wildman–Crippen LogP) is 2.81. The number of hydrogen-bond donors (Lipinski definition) is 0. The molecule has 1 heterocycles. The van der Waals surface area contributed by atoms with Gasteiger partial charge < -0.3 is 24.8 Å². The molecule has 3 aliphatic rings. The Balaban J connectivity index is 0.00000140. The molecule has 4 aromatic carbocycles. The second-order valence-electron chi connectivity index (χ2n) is 9.66. The van der Waals surface area contributed by atoms with Gasteiger partial charge in [0, 0.05) is 0 Å². The van der Waals surface area contributed by atoms with E-state index < -0.39 is 23.2 Å². The van der Waals surface area contributed by atoms with Gasteiger partial charge in [0.2, 0.25) is 0 Å². The molecular weight excluding hydrogens is 589 g/mol. The van der Waals surface area contributed by atoms with Crippen molar-refractivity contribution in [2.45, 2.75) is 20.6 Å². The van der Waals surface area contributed by atoms with Gasteiger partial charge in [-0.3, -0.25) is 0 Å². The van der Waals surface area contributed by atoms with E-state index in [0.717, 1.165) is 0 Å². The molecule has 0 radical (unpaired) electrons. The summed E-state index contributed by atoms with van der Waals surface area (Å²) in [6.45, 7) is 2.36. The molecule has 4 aromatic rings.